The van der Waals surface area contributed by atoms with E-state index in [4.69, 9.17) is 9.47 Å². The van der Waals surface area contributed by atoms with Crippen molar-refractivity contribution in [1.29, 1.82) is 0 Å². The summed E-state index contributed by atoms with van der Waals surface area (Å²) in [6, 6.07) is 101. The van der Waals surface area contributed by atoms with Gasteiger partial charge in [0.05, 0.1) is 10.8 Å². The molecule has 17 rings (SSSR count). The molecule has 14 aromatic carbocycles. The summed E-state index contributed by atoms with van der Waals surface area (Å²) >= 11 is 1.63. The summed E-state index contributed by atoms with van der Waals surface area (Å²) in [4.78, 5) is 4.00. The number of rotatable bonds is 16. The Balaban J connectivity index is 0.824. The van der Waals surface area contributed by atoms with Gasteiger partial charge in [-0.05, 0) is 233 Å². The molecule has 15 aromatic rings. The number of hydrogen-bond acceptors (Lipinski definition) is 5. The SMILES string of the molecule is C=Cc1ccc(Oc2ccc(C3(c4ccc(C(C)(C)C)cc4)c4ccccc4-c4ccc(N(c5ccc(F)c(F)c5)c5ccc6sc7ccc(N(c8ccc(F)c(F)c8)c8ccc9c(c8)C(c8ccc(Oc%10ccc(C=C)cc%10)cc8)(c8ccc(C(C)(C)C)cc8)c8ccccc8-9)cc7c6c5)cc43)cc2)cc1. The van der Waals surface area contributed by atoms with Crippen LogP contribution >= 0.6 is 11.3 Å². The van der Waals surface area contributed by atoms with Gasteiger partial charge in [0, 0.05) is 66.4 Å². The van der Waals surface area contributed by atoms with Crippen LogP contribution in [0.5, 0.6) is 23.0 Å². The standard InChI is InChI=1S/C98H74F4N2O2S/c1-9-61-19-41-75(42-20-61)105-77-45-31-67(32-46-77)97(65-27-23-63(24-28-65)95(3,4)5)85-17-13-11-15-79(85)81-49-35-71(57-87(81)97)103(73-37-51-89(99)91(101)59-73)69-39-53-93-83(55-69)84-56-70(40-54-94(84)107-93)104(74-38-52-90(100)92(102)60-74)72-36-50-82-80-16-12-14-18-86(80)98(88(82)58-72,66-29-25-64(26-30-66)96(6,7)8)68-33-47-78(48-34-68)106-76-43-21-62(10-2)22-44-76/h9-60H,1-2H2,3-8H3. The minimum atomic E-state index is -0.988. The lowest BCUT2D eigenvalue weighted by Gasteiger charge is -2.35. The van der Waals surface area contributed by atoms with Crippen LogP contribution in [0.2, 0.25) is 0 Å². The lowest BCUT2D eigenvalue weighted by molar-refractivity contribution is 0.482. The Hall–Kier alpha value is -12.3. The molecular weight excluding hydrogens is 1350 g/mol. The predicted molar refractivity (Wildman–Crippen MR) is 434 cm³/mol. The van der Waals surface area contributed by atoms with Crippen LogP contribution in [0.25, 0.3) is 54.6 Å². The summed E-state index contributed by atoms with van der Waals surface area (Å²) < 4.78 is 78.0. The minimum absolute atomic E-state index is 0.119. The summed E-state index contributed by atoms with van der Waals surface area (Å²) in [5.74, 6) is -1.15. The van der Waals surface area contributed by atoms with E-state index >= 15 is 17.6 Å². The fraction of sp³-hybridized carbons (Fsp3) is 0.102. The molecule has 0 amide bonds. The lowest BCUT2D eigenvalue weighted by atomic mass is 9.67. The number of fused-ring (bicyclic) bond motifs is 9. The smallest absolute Gasteiger partial charge is 0.160 e. The van der Waals surface area contributed by atoms with Crippen molar-refractivity contribution in [2.45, 2.75) is 63.2 Å². The van der Waals surface area contributed by atoms with E-state index in [1.165, 1.54) is 35.4 Å². The molecule has 1 aromatic heterocycles. The molecule has 0 bridgehead atoms. The average Bonchev–Trinajstić information content (AvgIpc) is 1.55. The fourth-order valence-corrected chi connectivity index (χ4v) is 17.2. The van der Waals surface area contributed by atoms with E-state index in [1.807, 2.05) is 94.7 Å². The van der Waals surface area contributed by atoms with Gasteiger partial charge >= 0.3 is 0 Å². The van der Waals surface area contributed by atoms with Crippen molar-refractivity contribution < 1.29 is 27.0 Å². The molecule has 0 spiro atoms. The topological polar surface area (TPSA) is 24.9 Å². The number of hydrogen-bond donors (Lipinski definition) is 0. The van der Waals surface area contributed by atoms with Crippen molar-refractivity contribution in [3.8, 4) is 45.3 Å². The van der Waals surface area contributed by atoms with Gasteiger partial charge in [0.2, 0.25) is 0 Å². The van der Waals surface area contributed by atoms with Gasteiger partial charge in [0.15, 0.2) is 23.3 Å². The first kappa shape index (κ1) is 67.8. The fourth-order valence-electron chi connectivity index (χ4n) is 16.2. The lowest BCUT2D eigenvalue weighted by Crippen LogP contribution is -2.29. The Labute approximate surface area is 625 Å². The van der Waals surface area contributed by atoms with E-state index in [0.717, 1.165) is 98.1 Å². The molecule has 0 saturated heterocycles. The van der Waals surface area contributed by atoms with Gasteiger partial charge in [-0.1, -0.05) is 225 Å². The van der Waals surface area contributed by atoms with E-state index in [0.29, 0.717) is 57.1 Å². The Morgan fingerprint density at radius 3 is 0.953 bits per heavy atom. The van der Waals surface area contributed by atoms with Crippen molar-refractivity contribution in [3.05, 3.63) is 407 Å². The molecule has 107 heavy (non-hydrogen) atoms. The van der Waals surface area contributed by atoms with Gasteiger partial charge in [0.25, 0.3) is 0 Å². The molecule has 0 fully saturated rings. The van der Waals surface area contributed by atoms with E-state index < -0.39 is 34.1 Å². The zero-order valence-electron chi connectivity index (χ0n) is 60.1. The largest absolute Gasteiger partial charge is 0.457 e. The van der Waals surface area contributed by atoms with Gasteiger partial charge in [0.1, 0.15) is 23.0 Å². The number of thiophene rings is 1. The van der Waals surface area contributed by atoms with Crippen LogP contribution in [0.1, 0.15) is 108 Å². The van der Waals surface area contributed by atoms with Crippen molar-refractivity contribution in [2.75, 3.05) is 9.80 Å². The van der Waals surface area contributed by atoms with Crippen LogP contribution in [0.15, 0.2) is 316 Å². The maximum atomic E-state index is 16.2. The Morgan fingerprint density at radius 1 is 0.308 bits per heavy atom. The van der Waals surface area contributed by atoms with Crippen molar-refractivity contribution in [2.24, 2.45) is 0 Å². The maximum Gasteiger partial charge on any atom is 0.160 e. The number of nitrogens with zero attached hydrogens (tertiary/aromatic N) is 2. The van der Waals surface area contributed by atoms with E-state index in [-0.39, 0.29) is 10.8 Å². The highest BCUT2D eigenvalue weighted by molar-refractivity contribution is 7.25. The number of anilines is 6. The third-order valence-electron chi connectivity index (χ3n) is 21.5. The van der Waals surface area contributed by atoms with Crippen molar-refractivity contribution in [1.82, 2.24) is 0 Å². The molecular formula is C98H74F4N2O2S. The molecule has 2 unspecified atom stereocenters. The Kier molecular flexibility index (Phi) is 16.7. The van der Waals surface area contributed by atoms with Gasteiger partial charge in [-0.15, -0.1) is 11.3 Å². The van der Waals surface area contributed by atoms with Gasteiger partial charge in [-0.3, -0.25) is 0 Å². The van der Waals surface area contributed by atoms with E-state index in [9.17, 15) is 0 Å². The molecule has 522 valence electrons. The highest BCUT2D eigenvalue weighted by Crippen LogP contribution is 2.60. The van der Waals surface area contributed by atoms with Gasteiger partial charge in [-0.25, -0.2) is 17.6 Å². The number of benzene rings is 14. The molecule has 9 heteroatoms. The Morgan fingerprint density at radius 2 is 0.607 bits per heavy atom. The van der Waals surface area contributed by atoms with Crippen LogP contribution in [0.4, 0.5) is 51.7 Å². The van der Waals surface area contributed by atoms with Crippen LogP contribution in [-0.4, -0.2) is 0 Å². The highest BCUT2D eigenvalue weighted by atomic mass is 32.1. The molecule has 0 aliphatic heterocycles. The van der Waals surface area contributed by atoms with Crippen LogP contribution in [0, 0.1) is 23.3 Å². The summed E-state index contributed by atoms with van der Waals surface area (Å²) in [6.45, 7) is 21.2. The molecule has 2 atom stereocenters. The first-order valence-corrected chi connectivity index (χ1v) is 36.8. The summed E-state index contributed by atoms with van der Waals surface area (Å²) in [5, 5.41) is 1.79. The van der Waals surface area contributed by atoms with Crippen molar-refractivity contribution in [3.63, 3.8) is 0 Å². The molecule has 4 nitrogen and oxygen atoms in total. The first-order chi connectivity index (χ1) is 51.8. The second-order valence-electron chi connectivity index (χ2n) is 29.8. The first-order valence-electron chi connectivity index (χ1n) is 36.0. The van der Waals surface area contributed by atoms with Crippen LogP contribution < -0.4 is 19.3 Å². The average molecular weight is 1420 g/mol. The Bertz CT molecular complexity index is 5630. The minimum Gasteiger partial charge on any atom is -0.457 e. The quantitative estimate of drug-likeness (QED) is 0.0900. The third-order valence-corrected chi connectivity index (χ3v) is 22.6. The zero-order chi connectivity index (χ0) is 73.7. The molecule has 2 aliphatic carbocycles. The zero-order valence-corrected chi connectivity index (χ0v) is 60.9. The van der Waals surface area contributed by atoms with E-state index in [2.05, 4.69) is 237 Å². The second kappa shape index (κ2) is 26.4. The molecule has 1 heterocycles. The summed E-state index contributed by atoms with van der Waals surface area (Å²) in [6.07, 6.45) is 3.61. The molecule has 0 saturated carbocycles. The molecule has 2 aliphatic rings. The van der Waals surface area contributed by atoms with Crippen molar-refractivity contribution >= 4 is 77.8 Å². The summed E-state index contributed by atoms with van der Waals surface area (Å²) in [7, 11) is 0. The van der Waals surface area contributed by atoms with E-state index in [1.54, 1.807) is 35.6 Å². The third kappa shape index (κ3) is 11.7. The molecule has 0 N–H and O–H groups in total. The summed E-state index contributed by atoms with van der Waals surface area (Å²) in [5.41, 5.74) is 18.6. The predicted octanol–water partition coefficient (Wildman–Crippen LogP) is 27.7. The van der Waals surface area contributed by atoms with Crippen LogP contribution in [-0.2, 0) is 21.7 Å². The van der Waals surface area contributed by atoms with Gasteiger partial charge in [-0.2, -0.15) is 0 Å². The maximum absolute atomic E-state index is 16.2. The highest BCUT2D eigenvalue weighted by Gasteiger charge is 2.49. The van der Waals surface area contributed by atoms with Gasteiger partial charge < -0.3 is 19.3 Å². The van der Waals surface area contributed by atoms with Crippen LogP contribution in [0.3, 0.4) is 0 Å². The number of ether oxygens (including phenoxy) is 2. The molecule has 0 radical (unpaired) electrons. The number of halogens is 4. The monoisotopic (exact) mass is 1420 g/mol. The normalized spacial score (nSPS) is 15.0. The second-order valence-corrected chi connectivity index (χ2v) is 30.9.